The van der Waals surface area contributed by atoms with E-state index in [1.807, 2.05) is 13.1 Å². The fourth-order valence-electron chi connectivity index (χ4n) is 4.12. The Hall–Kier alpha value is -0.971. The topological polar surface area (TPSA) is 37.9 Å². The Kier molecular flexibility index (Phi) is 9.20. The first kappa shape index (κ1) is 22.3. The van der Waals surface area contributed by atoms with Crippen LogP contribution in [-0.2, 0) is 0 Å². The van der Waals surface area contributed by atoms with Crippen molar-refractivity contribution in [2.45, 2.75) is 79.5 Å². The summed E-state index contributed by atoms with van der Waals surface area (Å²) < 4.78 is 11.9. The molecular weight excluding hydrogens is 439 g/mol. The Morgan fingerprint density at radius 1 is 0.963 bits per heavy atom. The fraction of sp³-hybridized carbons (Fsp3) is 0.609. The van der Waals surface area contributed by atoms with Gasteiger partial charge in [-0.15, -0.1) is 0 Å². The van der Waals surface area contributed by atoms with Gasteiger partial charge in [0.25, 0.3) is 0 Å². The summed E-state index contributed by atoms with van der Waals surface area (Å²) in [6, 6.07) is 7.05. The van der Waals surface area contributed by atoms with Crippen molar-refractivity contribution < 1.29 is 4.74 Å². The number of nitrogens with one attached hydrogen (secondary N) is 1. The number of hydrogen-bond donors (Lipinski definition) is 1. The van der Waals surface area contributed by atoms with Gasteiger partial charge in [-0.2, -0.15) is 0 Å². The second-order valence-corrected chi connectivity index (χ2v) is 21.2. The number of benzene rings is 1. The molecule has 1 aromatic carbocycles. The molecule has 0 saturated carbocycles. The zero-order valence-corrected chi connectivity index (χ0v) is 20.9. The molecule has 2 aromatic rings. The molecule has 0 saturated heterocycles. The van der Waals surface area contributed by atoms with Gasteiger partial charge in [0.15, 0.2) is 0 Å². The predicted octanol–water partition coefficient (Wildman–Crippen LogP) is 6.45. The molecule has 1 heterocycles. The molecule has 0 aliphatic heterocycles. The summed E-state index contributed by atoms with van der Waals surface area (Å²) in [6.45, 7) is 9.04. The number of nitrogens with zero attached hydrogens (tertiary/aromatic N) is 1. The summed E-state index contributed by atoms with van der Waals surface area (Å²) in [5, 5.41) is 0. The van der Waals surface area contributed by atoms with Crippen LogP contribution in [0.25, 0.3) is 11.4 Å². The van der Waals surface area contributed by atoms with Gasteiger partial charge in [-0.05, 0) is 0 Å². The molecule has 0 unspecified atom stereocenters. The van der Waals surface area contributed by atoms with Crippen molar-refractivity contribution >= 4 is 22.0 Å². The number of aromatic nitrogens is 2. The Morgan fingerprint density at radius 3 is 2.00 bits per heavy atom. The molecule has 0 fully saturated rings. The van der Waals surface area contributed by atoms with Crippen LogP contribution >= 0.6 is 0 Å². The summed E-state index contributed by atoms with van der Waals surface area (Å²) in [5.41, 5.74) is 2.16. The second-order valence-electron chi connectivity index (χ2n) is 7.92. The van der Waals surface area contributed by atoms with E-state index in [2.05, 4.69) is 48.9 Å². The van der Waals surface area contributed by atoms with Crippen LogP contribution in [0.4, 0.5) is 0 Å². The van der Waals surface area contributed by atoms with Crippen molar-refractivity contribution in [2.24, 2.45) is 0 Å². The Balaban J connectivity index is 2.46. The summed E-state index contributed by atoms with van der Waals surface area (Å²) >= 11 is -2.42. The Bertz CT molecular complexity index is 674. The molecule has 27 heavy (non-hydrogen) atoms. The van der Waals surface area contributed by atoms with Gasteiger partial charge in [-0.3, -0.25) is 0 Å². The van der Waals surface area contributed by atoms with Gasteiger partial charge in [0, 0.05) is 0 Å². The molecule has 0 atom stereocenters. The van der Waals surface area contributed by atoms with E-state index in [4.69, 9.17) is 4.74 Å². The standard InChI is InChI=1S/C11H11N2O.3C4H9.Sn/c1-8-7-12-11(13-8)9-5-3-4-6-10(9)14-2;3*1-3-4-2;/h3,5-7H,1-2H3,(H,12,13);3*1,3-4H2,2H3;. The average Bonchev–Trinajstić information content (AvgIpc) is 3.13. The van der Waals surface area contributed by atoms with Crippen molar-refractivity contribution in [3.63, 3.8) is 0 Å². The maximum atomic E-state index is 5.83. The van der Waals surface area contributed by atoms with E-state index in [0.29, 0.717) is 0 Å². The molecule has 4 heteroatoms. The number of H-pyrrole nitrogens is 1. The van der Waals surface area contributed by atoms with Gasteiger partial charge in [0.2, 0.25) is 0 Å². The maximum absolute atomic E-state index is 5.83. The van der Waals surface area contributed by atoms with Crippen molar-refractivity contribution in [1.29, 1.82) is 0 Å². The number of unbranched alkanes of at least 4 members (excludes halogenated alkanes) is 3. The van der Waals surface area contributed by atoms with Crippen LogP contribution in [0.1, 0.15) is 65.0 Å². The molecule has 0 spiro atoms. The molecule has 150 valence electrons. The minimum absolute atomic E-state index is 0.910. The SMILES string of the molecule is CCC[CH2][Sn]([CH2]CCC)([CH2]CCC)[c]1ccc(-c2ncc(C)[nH]2)c(OC)c1. The summed E-state index contributed by atoms with van der Waals surface area (Å²) in [5.74, 6) is 1.89. The third-order valence-electron chi connectivity index (χ3n) is 5.80. The molecule has 0 radical (unpaired) electrons. The predicted molar refractivity (Wildman–Crippen MR) is 120 cm³/mol. The monoisotopic (exact) mass is 478 g/mol. The number of aromatic amines is 1. The first-order valence-electron chi connectivity index (χ1n) is 10.8. The van der Waals surface area contributed by atoms with Crippen LogP contribution in [0, 0.1) is 6.92 Å². The van der Waals surface area contributed by atoms with Gasteiger partial charge < -0.3 is 0 Å². The number of rotatable bonds is 12. The zero-order valence-electron chi connectivity index (χ0n) is 18.0. The number of imidazole rings is 1. The van der Waals surface area contributed by atoms with Crippen LogP contribution in [-0.4, -0.2) is 35.5 Å². The number of ether oxygens (including phenoxy) is 1. The van der Waals surface area contributed by atoms with Crippen LogP contribution < -0.4 is 8.32 Å². The van der Waals surface area contributed by atoms with Crippen LogP contribution in [0.15, 0.2) is 24.4 Å². The van der Waals surface area contributed by atoms with Gasteiger partial charge in [0.05, 0.1) is 0 Å². The summed E-state index contributed by atoms with van der Waals surface area (Å²) in [7, 11) is 1.79. The first-order valence-corrected chi connectivity index (χ1v) is 18.3. The summed E-state index contributed by atoms with van der Waals surface area (Å²) in [6.07, 6.45) is 9.93. The quantitative estimate of drug-likeness (QED) is 0.357. The molecule has 1 N–H and O–H groups in total. The van der Waals surface area contributed by atoms with E-state index in [-0.39, 0.29) is 0 Å². The molecular formula is C23H38N2OSn. The normalized spacial score (nSPS) is 11.7. The third-order valence-corrected chi connectivity index (χ3v) is 21.4. The molecule has 0 aliphatic rings. The Labute approximate surface area is 170 Å². The van der Waals surface area contributed by atoms with E-state index in [0.717, 1.165) is 22.8 Å². The second kappa shape index (κ2) is 11.1. The Morgan fingerprint density at radius 2 is 1.56 bits per heavy atom. The molecule has 3 nitrogen and oxygen atoms in total. The zero-order chi connectivity index (χ0) is 19.7. The number of hydrogen-bond acceptors (Lipinski definition) is 2. The van der Waals surface area contributed by atoms with Gasteiger partial charge in [-0.25, -0.2) is 0 Å². The number of aryl methyl sites for hydroxylation is 1. The molecule has 0 aliphatic carbocycles. The molecule has 2 rings (SSSR count). The van der Waals surface area contributed by atoms with E-state index in [9.17, 15) is 0 Å². The van der Waals surface area contributed by atoms with E-state index in [1.54, 1.807) is 10.7 Å². The van der Waals surface area contributed by atoms with Crippen LogP contribution in [0.2, 0.25) is 13.3 Å². The third kappa shape index (κ3) is 5.75. The number of methoxy groups -OCH3 is 1. The van der Waals surface area contributed by atoms with Crippen molar-refractivity contribution in [2.75, 3.05) is 7.11 Å². The van der Waals surface area contributed by atoms with E-state index >= 15 is 0 Å². The van der Waals surface area contributed by atoms with Gasteiger partial charge >= 0.3 is 171 Å². The fourth-order valence-corrected chi connectivity index (χ4v) is 20.0. The average molecular weight is 477 g/mol. The van der Waals surface area contributed by atoms with Crippen molar-refractivity contribution in [3.05, 3.63) is 30.1 Å². The van der Waals surface area contributed by atoms with Gasteiger partial charge in [0.1, 0.15) is 0 Å². The molecule has 1 aromatic heterocycles. The van der Waals surface area contributed by atoms with Gasteiger partial charge in [-0.1, -0.05) is 0 Å². The minimum atomic E-state index is -2.42. The van der Waals surface area contributed by atoms with Crippen LogP contribution in [0.3, 0.4) is 0 Å². The molecule has 0 bridgehead atoms. The summed E-state index contributed by atoms with van der Waals surface area (Å²) in [4.78, 5) is 7.87. The van der Waals surface area contributed by atoms with E-state index < -0.39 is 18.4 Å². The van der Waals surface area contributed by atoms with Crippen molar-refractivity contribution in [1.82, 2.24) is 9.97 Å². The first-order chi connectivity index (χ1) is 13.1. The molecule has 0 amide bonds. The van der Waals surface area contributed by atoms with E-state index in [1.165, 1.54) is 51.8 Å². The van der Waals surface area contributed by atoms with Crippen LogP contribution in [0.5, 0.6) is 5.75 Å². The van der Waals surface area contributed by atoms with Crippen molar-refractivity contribution in [3.8, 4) is 17.1 Å².